The molecule has 1 aliphatic carbocycles. The Morgan fingerprint density at radius 3 is 3.00 bits per heavy atom. The molecule has 0 saturated heterocycles. The predicted octanol–water partition coefficient (Wildman–Crippen LogP) is 1.99. The summed E-state index contributed by atoms with van der Waals surface area (Å²) >= 11 is 5.86. The van der Waals surface area contributed by atoms with Crippen LogP contribution < -0.4 is 0 Å². The molecule has 1 aliphatic rings. The van der Waals surface area contributed by atoms with Crippen LogP contribution in [0.4, 0.5) is 0 Å². The topological polar surface area (TPSA) is 42.4 Å². The van der Waals surface area contributed by atoms with E-state index in [9.17, 15) is 4.79 Å². The Hall–Kier alpha value is -1.13. The number of pyridine rings is 1. The standard InChI is InChI=1S/C12H15ClN2O2/c1-17-7-6-15(10-2-3-10)12(16)11-8-9(13)4-5-14-11/h4-5,8,10H,2-3,6-7H2,1H3. The van der Waals surface area contributed by atoms with Crippen LogP contribution in [0.3, 0.4) is 0 Å². The lowest BCUT2D eigenvalue weighted by atomic mass is 10.3. The third kappa shape index (κ3) is 3.17. The molecule has 92 valence electrons. The lowest BCUT2D eigenvalue weighted by Gasteiger charge is -2.21. The van der Waals surface area contributed by atoms with E-state index in [0.717, 1.165) is 12.8 Å². The fourth-order valence-electron chi connectivity index (χ4n) is 1.69. The summed E-state index contributed by atoms with van der Waals surface area (Å²) < 4.78 is 5.02. The highest BCUT2D eigenvalue weighted by Crippen LogP contribution is 2.28. The molecule has 0 unspecified atom stereocenters. The first-order valence-electron chi connectivity index (χ1n) is 5.64. The van der Waals surface area contributed by atoms with Gasteiger partial charge in [0.15, 0.2) is 0 Å². The molecule has 1 aromatic heterocycles. The van der Waals surface area contributed by atoms with Crippen molar-refractivity contribution in [3.05, 3.63) is 29.0 Å². The fourth-order valence-corrected chi connectivity index (χ4v) is 1.85. The van der Waals surface area contributed by atoms with Crippen LogP contribution in [-0.4, -0.2) is 42.1 Å². The van der Waals surface area contributed by atoms with E-state index < -0.39 is 0 Å². The van der Waals surface area contributed by atoms with E-state index in [0.29, 0.717) is 29.9 Å². The smallest absolute Gasteiger partial charge is 0.272 e. The van der Waals surface area contributed by atoms with Crippen molar-refractivity contribution in [1.29, 1.82) is 0 Å². The average Bonchev–Trinajstić information content (AvgIpc) is 3.14. The first-order valence-corrected chi connectivity index (χ1v) is 6.01. The second-order valence-electron chi connectivity index (χ2n) is 4.08. The summed E-state index contributed by atoms with van der Waals surface area (Å²) in [5.41, 5.74) is 0.403. The number of aromatic nitrogens is 1. The van der Waals surface area contributed by atoms with Gasteiger partial charge in [0.1, 0.15) is 5.69 Å². The number of hydrogen-bond acceptors (Lipinski definition) is 3. The summed E-state index contributed by atoms with van der Waals surface area (Å²) in [5, 5.41) is 0.533. The molecule has 0 radical (unpaired) electrons. The maximum atomic E-state index is 12.2. The van der Waals surface area contributed by atoms with Crippen molar-refractivity contribution in [2.45, 2.75) is 18.9 Å². The normalized spacial score (nSPS) is 14.7. The molecule has 1 aromatic rings. The van der Waals surface area contributed by atoms with Gasteiger partial charge in [-0.3, -0.25) is 9.78 Å². The summed E-state index contributed by atoms with van der Waals surface area (Å²) in [6, 6.07) is 3.61. The minimum atomic E-state index is -0.0629. The number of carbonyl (C=O) groups is 1. The molecule has 1 saturated carbocycles. The number of methoxy groups -OCH3 is 1. The molecule has 1 fully saturated rings. The number of amides is 1. The largest absolute Gasteiger partial charge is 0.383 e. The number of ether oxygens (including phenoxy) is 1. The van der Waals surface area contributed by atoms with Crippen LogP contribution in [0.2, 0.25) is 5.02 Å². The fraction of sp³-hybridized carbons (Fsp3) is 0.500. The van der Waals surface area contributed by atoms with Gasteiger partial charge in [-0.25, -0.2) is 0 Å². The highest BCUT2D eigenvalue weighted by molar-refractivity contribution is 6.30. The van der Waals surface area contributed by atoms with Gasteiger partial charge in [-0.05, 0) is 25.0 Å². The number of carbonyl (C=O) groups excluding carboxylic acids is 1. The highest BCUT2D eigenvalue weighted by Gasteiger charge is 2.33. The molecule has 0 N–H and O–H groups in total. The van der Waals surface area contributed by atoms with Crippen LogP contribution in [0.1, 0.15) is 23.3 Å². The van der Waals surface area contributed by atoms with Crippen LogP contribution in [0.15, 0.2) is 18.3 Å². The van der Waals surface area contributed by atoms with E-state index in [1.807, 2.05) is 4.90 Å². The minimum absolute atomic E-state index is 0.0629. The van der Waals surface area contributed by atoms with E-state index in [1.54, 1.807) is 25.4 Å². The number of nitrogens with zero attached hydrogens (tertiary/aromatic N) is 2. The van der Waals surface area contributed by atoms with Gasteiger partial charge < -0.3 is 9.64 Å². The summed E-state index contributed by atoms with van der Waals surface area (Å²) in [7, 11) is 1.63. The summed E-state index contributed by atoms with van der Waals surface area (Å²) in [5.74, 6) is -0.0629. The van der Waals surface area contributed by atoms with Crippen LogP contribution in [0.25, 0.3) is 0 Å². The average molecular weight is 255 g/mol. The Labute approximate surface area is 106 Å². The Bertz CT molecular complexity index is 407. The van der Waals surface area contributed by atoms with Gasteiger partial charge in [0.05, 0.1) is 6.61 Å². The predicted molar refractivity (Wildman–Crippen MR) is 65.2 cm³/mol. The van der Waals surface area contributed by atoms with E-state index in [2.05, 4.69) is 4.98 Å². The zero-order chi connectivity index (χ0) is 12.3. The third-order valence-electron chi connectivity index (χ3n) is 2.73. The quantitative estimate of drug-likeness (QED) is 0.807. The van der Waals surface area contributed by atoms with E-state index in [1.165, 1.54) is 0 Å². The molecule has 0 spiro atoms. The molecule has 1 heterocycles. The molecular formula is C12H15ClN2O2. The summed E-state index contributed by atoms with van der Waals surface area (Å²) in [6.45, 7) is 1.15. The molecule has 0 aromatic carbocycles. The van der Waals surface area contributed by atoms with Gasteiger partial charge in [0.2, 0.25) is 0 Å². The van der Waals surface area contributed by atoms with Crippen molar-refractivity contribution in [3.63, 3.8) is 0 Å². The summed E-state index contributed by atoms with van der Waals surface area (Å²) in [4.78, 5) is 18.1. The first-order chi connectivity index (χ1) is 8.22. The molecule has 0 aliphatic heterocycles. The van der Waals surface area contributed by atoms with Gasteiger partial charge in [0, 0.05) is 30.9 Å². The molecule has 0 bridgehead atoms. The van der Waals surface area contributed by atoms with Crippen LogP contribution in [0.5, 0.6) is 0 Å². The molecule has 1 amide bonds. The van der Waals surface area contributed by atoms with E-state index in [4.69, 9.17) is 16.3 Å². The molecular weight excluding hydrogens is 240 g/mol. The molecule has 17 heavy (non-hydrogen) atoms. The highest BCUT2D eigenvalue weighted by atomic mass is 35.5. The lowest BCUT2D eigenvalue weighted by Crippen LogP contribution is -2.36. The maximum Gasteiger partial charge on any atom is 0.272 e. The molecule has 2 rings (SSSR count). The molecule has 0 atom stereocenters. The zero-order valence-electron chi connectivity index (χ0n) is 9.73. The van der Waals surface area contributed by atoms with Crippen molar-refractivity contribution in [2.75, 3.05) is 20.3 Å². The third-order valence-corrected chi connectivity index (χ3v) is 2.96. The van der Waals surface area contributed by atoms with Gasteiger partial charge in [-0.2, -0.15) is 0 Å². The number of halogens is 1. The lowest BCUT2D eigenvalue weighted by molar-refractivity contribution is 0.0674. The second-order valence-corrected chi connectivity index (χ2v) is 4.52. The minimum Gasteiger partial charge on any atom is -0.383 e. The second kappa shape index (κ2) is 5.47. The van der Waals surface area contributed by atoms with Crippen molar-refractivity contribution in [2.24, 2.45) is 0 Å². The van der Waals surface area contributed by atoms with Crippen molar-refractivity contribution >= 4 is 17.5 Å². The molecule has 5 heteroatoms. The van der Waals surface area contributed by atoms with Crippen molar-refractivity contribution in [3.8, 4) is 0 Å². The zero-order valence-corrected chi connectivity index (χ0v) is 10.5. The van der Waals surface area contributed by atoms with Gasteiger partial charge in [-0.15, -0.1) is 0 Å². The van der Waals surface area contributed by atoms with Crippen molar-refractivity contribution in [1.82, 2.24) is 9.88 Å². The van der Waals surface area contributed by atoms with Crippen LogP contribution >= 0.6 is 11.6 Å². The first kappa shape index (κ1) is 12.3. The van der Waals surface area contributed by atoms with E-state index >= 15 is 0 Å². The summed E-state index contributed by atoms with van der Waals surface area (Å²) in [6.07, 6.45) is 3.68. The Morgan fingerprint density at radius 1 is 1.65 bits per heavy atom. The van der Waals surface area contributed by atoms with E-state index in [-0.39, 0.29) is 5.91 Å². The van der Waals surface area contributed by atoms with Crippen LogP contribution in [-0.2, 0) is 4.74 Å². The van der Waals surface area contributed by atoms with Crippen LogP contribution in [0, 0.1) is 0 Å². The Balaban J connectivity index is 2.10. The maximum absolute atomic E-state index is 12.2. The number of rotatable bonds is 5. The number of hydrogen-bond donors (Lipinski definition) is 0. The Kier molecular flexibility index (Phi) is 3.97. The van der Waals surface area contributed by atoms with Gasteiger partial charge in [0.25, 0.3) is 5.91 Å². The monoisotopic (exact) mass is 254 g/mol. The van der Waals surface area contributed by atoms with Gasteiger partial charge in [-0.1, -0.05) is 11.6 Å². The SMILES string of the molecule is COCCN(C(=O)c1cc(Cl)ccn1)C1CC1. The molecule has 4 nitrogen and oxygen atoms in total. The Morgan fingerprint density at radius 2 is 2.41 bits per heavy atom. The van der Waals surface area contributed by atoms with Gasteiger partial charge >= 0.3 is 0 Å². The van der Waals surface area contributed by atoms with Crippen molar-refractivity contribution < 1.29 is 9.53 Å².